The number of hydrogen-bond acceptors (Lipinski definition) is 4. The molecule has 2 N–H and O–H groups in total. The molecule has 1 aromatic carbocycles. The van der Waals surface area contributed by atoms with Gasteiger partial charge in [0.1, 0.15) is 12.3 Å². The van der Waals surface area contributed by atoms with Crippen molar-refractivity contribution < 1.29 is 14.6 Å². The summed E-state index contributed by atoms with van der Waals surface area (Å²) in [7, 11) is 1.76. The Labute approximate surface area is 125 Å². The van der Waals surface area contributed by atoms with Crippen LogP contribution < -0.4 is 15.0 Å². The third-order valence-corrected chi connectivity index (χ3v) is 3.34. The topological polar surface area (TPSA) is 61.8 Å². The van der Waals surface area contributed by atoms with Crippen LogP contribution in [0.4, 0.5) is 5.69 Å². The Morgan fingerprint density at radius 3 is 2.76 bits per heavy atom. The zero-order chi connectivity index (χ0) is 15.4. The molecule has 0 aromatic heterocycles. The van der Waals surface area contributed by atoms with Gasteiger partial charge in [-0.1, -0.05) is 6.07 Å². The van der Waals surface area contributed by atoms with E-state index in [1.54, 1.807) is 11.9 Å². The van der Waals surface area contributed by atoms with Gasteiger partial charge in [-0.3, -0.25) is 4.79 Å². The number of benzene rings is 1. The molecule has 116 valence electrons. The summed E-state index contributed by atoms with van der Waals surface area (Å²) in [5, 5.41) is 12.4. The number of likely N-dealkylation sites (N-methyl/N-ethyl adjacent to an activating group) is 1. The molecular weight excluding hydrogens is 268 g/mol. The lowest BCUT2D eigenvalue weighted by atomic mass is 10.1. The summed E-state index contributed by atoms with van der Waals surface area (Å²) < 4.78 is 5.85. The van der Waals surface area contributed by atoms with Gasteiger partial charge in [-0.15, -0.1) is 0 Å². The summed E-state index contributed by atoms with van der Waals surface area (Å²) in [6.07, 6.45) is 2.57. The van der Waals surface area contributed by atoms with E-state index in [0.29, 0.717) is 6.04 Å². The monoisotopic (exact) mass is 292 g/mol. The summed E-state index contributed by atoms with van der Waals surface area (Å²) in [5.74, 6) is -0.115. The zero-order valence-electron chi connectivity index (χ0n) is 12.9. The van der Waals surface area contributed by atoms with E-state index in [1.165, 1.54) is 12.8 Å². The number of carboxylic acids is 1. The Balaban J connectivity index is 2.14. The lowest BCUT2D eigenvalue weighted by Crippen LogP contribution is -2.26. The highest BCUT2D eigenvalue weighted by Crippen LogP contribution is 2.30. The lowest BCUT2D eigenvalue weighted by Gasteiger charge is -2.22. The number of carboxylic acid groups (broad SMARTS) is 1. The molecule has 0 saturated heterocycles. The van der Waals surface area contributed by atoms with Crippen molar-refractivity contribution in [1.29, 1.82) is 0 Å². The van der Waals surface area contributed by atoms with Gasteiger partial charge in [0.2, 0.25) is 0 Å². The van der Waals surface area contributed by atoms with Crippen LogP contribution in [0.25, 0.3) is 0 Å². The Kier molecular flexibility index (Phi) is 5.07. The number of anilines is 1. The van der Waals surface area contributed by atoms with Gasteiger partial charge >= 0.3 is 5.97 Å². The summed E-state index contributed by atoms with van der Waals surface area (Å²) in [6.45, 7) is 4.71. The van der Waals surface area contributed by atoms with E-state index in [4.69, 9.17) is 9.84 Å². The van der Waals surface area contributed by atoms with Crippen LogP contribution in [0, 0.1) is 0 Å². The van der Waals surface area contributed by atoms with E-state index in [0.717, 1.165) is 23.5 Å². The number of rotatable bonds is 8. The maximum absolute atomic E-state index is 10.9. The molecule has 0 atom stereocenters. The second-order valence-electron chi connectivity index (χ2n) is 5.87. The highest BCUT2D eigenvalue weighted by molar-refractivity contribution is 5.75. The normalized spacial score (nSPS) is 14.3. The summed E-state index contributed by atoms with van der Waals surface area (Å²) in [5.41, 5.74) is 1.96. The fourth-order valence-corrected chi connectivity index (χ4v) is 2.17. The molecule has 5 nitrogen and oxygen atoms in total. The fraction of sp³-hybridized carbons (Fsp3) is 0.562. The van der Waals surface area contributed by atoms with Crippen molar-refractivity contribution in [2.75, 3.05) is 18.5 Å². The second-order valence-corrected chi connectivity index (χ2v) is 5.87. The van der Waals surface area contributed by atoms with Crippen molar-refractivity contribution in [2.45, 2.75) is 45.4 Å². The number of carbonyl (C=O) groups is 1. The number of nitrogens with zero attached hydrogens (tertiary/aromatic N) is 1. The van der Waals surface area contributed by atoms with Crippen molar-refractivity contribution in [3.8, 4) is 5.75 Å². The van der Waals surface area contributed by atoms with Gasteiger partial charge in [0.05, 0.1) is 11.8 Å². The molecule has 0 bridgehead atoms. The highest BCUT2D eigenvalue weighted by atomic mass is 16.5. The number of nitrogens with one attached hydrogen (secondary N) is 1. The highest BCUT2D eigenvalue weighted by Gasteiger charge is 2.20. The first-order valence-electron chi connectivity index (χ1n) is 7.41. The van der Waals surface area contributed by atoms with Gasteiger partial charge in [-0.25, -0.2) is 0 Å². The van der Waals surface area contributed by atoms with Crippen LogP contribution >= 0.6 is 0 Å². The predicted octanol–water partition coefficient (Wildman–Crippen LogP) is 2.25. The minimum absolute atomic E-state index is 0.0475. The Bertz CT molecular complexity index is 498. The maximum atomic E-state index is 10.9. The van der Waals surface area contributed by atoms with Crippen molar-refractivity contribution in [3.63, 3.8) is 0 Å². The molecule has 0 aliphatic heterocycles. The van der Waals surface area contributed by atoms with Crippen LogP contribution in [0.2, 0.25) is 0 Å². The Morgan fingerprint density at radius 1 is 1.48 bits per heavy atom. The molecule has 5 heteroatoms. The van der Waals surface area contributed by atoms with Crippen LogP contribution in [0.15, 0.2) is 18.2 Å². The zero-order valence-corrected chi connectivity index (χ0v) is 12.9. The lowest BCUT2D eigenvalue weighted by molar-refractivity contribution is -0.135. The molecule has 21 heavy (non-hydrogen) atoms. The molecule has 1 aromatic rings. The van der Waals surface area contributed by atoms with Crippen molar-refractivity contribution in [3.05, 3.63) is 23.8 Å². The van der Waals surface area contributed by atoms with E-state index >= 15 is 0 Å². The van der Waals surface area contributed by atoms with Crippen molar-refractivity contribution in [1.82, 2.24) is 5.32 Å². The van der Waals surface area contributed by atoms with Gasteiger partial charge in [0, 0.05) is 19.6 Å². The smallest absolute Gasteiger partial charge is 0.323 e. The van der Waals surface area contributed by atoms with Gasteiger partial charge in [-0.2, -0.15) is 0 Å². The quantitative estimate of drug-likeness (QED) is 0.769. The van der Waals surface area contributed by atoms with Gasteiger partial charge < -0.3 is 20.1 Å². The third kappa shape index (κ3) is 4.93. The molecular formula is C16H24N2O3. The molecule has 1 aliphatic rings. The van der Waals surface area contributed by atoms with Crippen LogP contribution in [-0.2, 0) is 11.3 Å². The Hall–Kier alpha value is -1.75. The van der Waals surface area contributed by atoms with Crippen LogP contribution in [0.5, 0.6) is 5.75 Å². The summed E-state index contributed by atoms with van der Waals surface area (Å²) in [6, 6.07) is 6.62. The van der Waals surface area contributed by atoms with Crippen LogP contribution in [0.1, 0.15) is 32.3 Å². The molecule has 2 rings (SSSR count). The fourth-order valence-electron chi connectivity index (χ4n) is 2.17. The first-order valence-corrected chi connectivity index (χ1v) is 7.41. The molecule has 0 spiro atoms. The van der Waals surface area contributed by atoms with Crippen LogP contribution in [-0.4, -0.2) is 36.8 Å². The third-order valence-electron chi connectivity index (χ3n) is 3.34. The first kappa shape index (κ1) is 15.6. The van der Waals surface area contributed by atoms with E-state index in [2.05, 4.69) is 5.32 Å². The van der Waals surface area contributed by atoms with Crippen molar-refractivity contribution in [2.24, 2.45) is 0 Å². The Morgan fingerprint density at radius 2 is 2.19 bits per heavy atom. The standard InChI is InChI=1S/C16H24N2O3/c1-11(2)21-15-8-12(9-17-13-5-6-13)4-7-14(15)18(3)10-16(19)20/h4,7-8,11,13,17H,5-6,9-10H2,1-3H3,(H,19,20). The molecule has 0 amide bonds. The number of aliphatic carboxylic acids is 1. The minimum atomic E-state index is -0.854. The molecule has 0 heterocycles. The first-order chi connectivity index (χ1) is 9.95. The van der Waals surface area contributed by atoms with E-state index in [1.807, 2.05) is 32.0 Å². The number of hydrogen-bond donors (Lipinski definition) is 2. The molecule has 1 aliphatic carbocycles. The average molecular weight is 292 g/mol. The molecule has 1 saturated carbocycles. The summed E-state index contributed by atoms with van der Waals surface area (Å²) >= 11 is 0. The minimum Gasteiger partial charge on any atom is -0.489 e. The summed E-state index contributed by atoms with van der Waals surface area (Å²) in [4.78, 5) is 12.6. The van der Waals surface area contributed by atoms with Crippen LogP contribution in [0.3, 0.4) is 0 Å². The van der Waals surface area contributed by atoms with Gasteiger partial charge in [0.15, 0.2) is 0 Å². The largest absolute Gasteiger partial charge is 0.489 e. The van der Waals surface area contributed by atoms with E-state index < -0.39 is 5.97 Å². The van der Waals surface area contributed by atoms with Crippen molar-refractivity contribution >= 4 is 11.7 Å². The molecule has 1 fully saturated rings. The maximum Gasteiger partial charge on any atom is 0.323 e. The molecule has 0 unspecified atom stereocenters. The van der Waals surface area contributed by atoms with E-state index in [9.17, 15) is 4.79 Å². The SMILES string of the molecule is CC(C)Oc1cc(CNC2CC2)ccc1N(C)CC(=O)O. The van der Waals surface area contributed by atoms with Gasteiger partial charge in [-0.05, 0) is 44.4 Å². The predicted molar refractivity (Wildman–Crippen MR) is 83.0 cm³/mol. The van der Waals surface area contributed by atoms with Gasteiger partial charge in [0.25, 0.3) is 0 Å². The number of ether oxygens (including phenoxy) is 1. The van der Waals surface area contributed by atoms with E-state index in [-0.39, 0.29) is 12.6 Å². The second kappa shape index (κ2) is 6.80. The molecule has 0 radical (unpaired) electrons. The average Bonchev–Trinajstić information content (AvgIpc) is 3.18.